The van der Waals surface area contributed by atoms with Crippen LogP contribution in [0.4, 0.5) is 5.82 Å². The summed E-state index contributed by atoms with van der Waals surface area (Å²) >= 11 is 1.31. The van der Waals surface area contributed by atoms with E-state index in [1.54, 1.807) is 6.07 Å². The number of para-hydroxylation sites is 1. The summed E-state index contributed by atoms with van der Waals surface area (Å²) < 4.78 is 27.7. The lowest BCUT2D eigenvalue weighted by atomic mass is 10.1. The van der Waals surface area contributed by atoms with E-state index in [1.165, 1.54) is 15.6 Å². The molecule has 0 fully saturated rings. The van der Waals surface area contributed by atoms with Gasteiger partial charge in [0, 0.05) is 16.8 Å². The number of rotatable bonds is 2. The third kappa shape index (κ3) is 2.24. The average Bonchev–Trinajstić information content (AvgIpc) is 3.12. The zero-order chi connectivity index (χ0) is 16.2. The summed E-state index contributed by atoms with van der Waals surface area (Å²) in [6.07, 6.45) is 0.704. The van der Waals surface area contributed by atoms with Gasteiger partial charge < -0.3 is 0 Å². The second-order valence-electron chi connectivity index (χ2n) is 5.81. The molecule has 0 amide bonds. The number of aryl methyl sites for hydroxylation is 2. The Hall–Kier alpha value is -1.92. The van der Waals surface area contributed by atoms with Crippen molar-refractivity contribution in [3.63, 3.8) is 0 Å². The first-order valence-corrected chi connectivity index (χ1v) is 9.71. The minimum atomic E-state index is -3.52. The van der Waals surface area contributed by atoms with Crippen molar-refractivity contribution >= 4 is 38.1 Å². The standard InChI is InChI=1S/C17H16N2O2S2/c1-11-4-3-5-13-10-14-8-9-19(17(14)18-16(11)13)23(20,21)15-7-6-12(2)22-15/h3-7,10H,8-9H2,1-2H3. The predicted molar refractivity (Wildman–Crippen MR) is 93.8 cm³/mol. The molecule has 1 aromatic carbocycles. The van der Waals surface area contributed by atoms with Gasteiger partial charge in [0.25, 0.3) is 10.0 Å². The number of fused-ring (bicyclic) bond motifs is 2. The van der Waals surface area contributed by atoms with Crippen molar-refractivity contribution in [3.8, 4) is 0 Å². The van der Waals surface area contributed by atoms with Gasteiger partial charge in [0.1, 0.15) is 10.0 Å². The summed E-state index contributed by atoms with van der Waals surface area (Å²) in [5, 5.41) is 1.06. The summed E-state index contributed by atoms with van der Waals surface area (Å²) in [7, 11) is -3.52. The molecule has 0 N–H and O–H groups in total. The van der Waals surface area contributed by atoms with Gasteiger partial charge in [-0.1, -0.05) is 18.2 Å². The molecule has 4 rings (SSSR count). The van der Waals surface area contributed by atoms with E-state index in [4.69, 9.17) is 0 Å². The van der Waals surface area contributed by atoms with Crippen LogP contribution in [-0.2, 0) is 16.4 Å². The Labute approximate surface area is 139 Å². The molecule has 0 atom stereocenters. The molecule has 0 radical (unpaired) electrons. The number of hydrogen-bond acceptors (Lipinski definition) is 4. The number of aromatic nitrogens is 1. The van der Waals surface area contributed by atoms with Crippen LogP contribution in [0, 0.1) is 13.8 Å². The number of pyridine rings is 1. The third-order valence-corrected chi connectivity index (χ3v) is 7.44. The van der Waals surface area contributed by atoms with Crippen LogP contribution in [0.3, 0.4) is 0 Å². The van der Waals surface area contributed by atoms with Crippen LogP contribution in [0.2, 0.25) is 0 Å². The van der Waals surface area contributed by atoms with Gasteiger partial charge in [0.15, 0.2) is 0 Å². The molecule has 3 aromatic rings. The zero-order valence-corrected chi connectivity index (χ0v) is 14.5. The highest BCUT2D eigenvalue weighted by atomic mass is 32.2. The van der Waals surface area contributed by atoms with Crippen LogP contribution in [0.5, 0.6) is 0 Å². The van der Waals surface area contributed by atoms with Gasteiger partial charge >= 0.3 is 0 Å². The summed E-state index contributed by atoms with van der Waals surface area (Å²) in [6.45, 7) is 4.37. The van der Waals surface area contributed by atoms with Gasteiger partial charge in [-0.25, -0.2) is 17.7 Å². The van der Waals surface area contributed by atoms with Crippen molar-refractivity contribution in [2.24, 2.45) is 0 Å². The van der Waals surface area contributed by atoms with Crippen molar-refractivity contribution in [1.29, 1.82) is 0 Å². The Morgan fingerprint density at radius 3 is 2.74 bits per heavy atom. The van der Waals surface area contributed by atoms with E-state index < -0.39 is 10.0 Å². The molecule has 0 spiro atoms. The zero-order valence-electron chi connectivity index (χ0n) is 12.9. The topological polar surface area (TPSA) is 50.3 Å². The monoisotopic (exact) mass is 344 g/mol. The average molecular weight is 344 g/mol. The first-order valence-electron chi connectivity index (χ1n) is 7.45. The van der Waals surface area contributed by atoms with Crippen LogP contribution >= 0.6 is 11.3 Å². The number of thiophene rings is 1. The Balaban J connectivity index is 1.88. The minimum absolute atomic E-state index is 0.384. The highest BCUT2D eigenvalue weighted by Gasteiger charge is 2.33. The van der Waals surface area contributed by atoms with Crippen molar-refractivity contribution in [2.45, 2.75) is 24.5 Å². The molecule has 1 aliphatic rings. The van der Waals surface area contributed by atoms with Crippen LogP contribution in [0.15, 0.2) is 40.6 Å². The summed E-state index contributed by atoms with van der Waals surface area (Å²) in [5.74, 6) is 0.581. The molecule has 0 saturated heterocycles. The van der Waals surface area contributed by atoms with Gasteiger partial charge in [0.05, 0.1) is 5.52 Å². The number of nitrogens with zero attached hydrogens (tertiary/aromatic N) is 2. The Bertz CT molecular complexity index is 1020. The van der Waals surface area contributed by atoms with E-state index >= 15 is 0 Å². The number of sulfonamides is 1. The first kappa shape index (κ1) is 14.7. The van der Waals surface area contributed by atoms with Crippen LogP contribution in [0.1, 0.15) is 16.0 Å². The molecule has 6 heteroatoms. The van der Waals surface area contributed by atoms with E-state index in [0.717, 1.165) is 26.9 Å². The largest absolute Gasteiger partial charge is 0.275 e. The molecule has 0 unspecified atom stereocenters. The SMILES string of the molecule is Cc1ccc(S(=O)(=O)N2CCc3cc4cccc(C)c4nc32)s1. The second kappa shape index (κ2) is 5.04. The molecule has 1 aliphatic heterocycles. The summed E-state index contributed by atoms with van der Waals surface area (Å²) in [4.78, 5) is 5.68. The molecule has 0 aliphatic carbocycles. The van der Waals surface area contributed by atoms with Crippen LogP contribution < -0.4 is 4.31 Å². The lowest BCUT2D eigenvalue weighted by molar-refractivity contribution is 0.594. The Morgan fingerprint density at radius 2 is 2.00 bits per heavy atom. The maximum Gasteiger partial charge on any atom is 0.275 e. The van der Waals surface area contributed by atoms with Gasteiger partial charge in [-0.2, -0.15) is 0 Å². The lowest BCUT2D eigenvalue weighted by Gasteiger charge is -2.18. The van der Waals surface area contributed by atoms with E-state index in [9.17, 15) is 8.42 Å². The highest BCUT2D eigenvalue weighted by molar-refractivity contribution is 7.94. The van der Waals surface area contributed by atoms with Crippen LogP contribution in [0.25, 0.3) is 10.9 Å². The first-order chi connectivity index (χ1) is 11.0. The van der Waals surface area contributed by atoms with Crippen LogP contribution in [-0.4, -0.2) is 19.9 Å². The molecule has 0 bridgehead atoms. The minimum Gasteiger partial charge on any atom is -0.249 e. The molecule has 118 valence electrons. The van der Waals surface area contributed by atoms with Crippen molar-refractivity contribution in [1.82, 2.24) is 4.98 Å². The van der Waals surface area contributed by atoms with E-state index in [2.05, 4.69) is 11.1 Å². The fourth-order valence-corrected chi connectivity index (χ4v) is 5.85. The molecule has 23 heavy (non-hydrogen) atoms. The Kier molecular flexibility index (Phi) is 3.21. The van der Waals surface area contributed by atoms with Crippen molar-refractivity contribution in [3.05, 3.63) is 52.4 Å². The van der Waals surface area contributed by atoms with Gasteiger partial charge in [-0.3, -0.25) is 0 Å². The maximum absolute atomic E-state index is 12.9. The fourth-order valence-electron chi connectivity index (χ4n) is 3.00. The van der Waals surface area contributed by atoms with E-state index in [1.807, 2.05) is 38.1 Å². The molecule has 3 heterocycles. The second-order valence-corrected chi connectivity index (χ2v) is 9.19. The number of hydrogen-bond donors (Lipinski definition) is 0. The third-order valence-electron chi connectivity index (χ3n) is 4.18. The Morgan fingerprint density at radius 1 is 1.17 bits per heavy atom. The summed E-state index contributed by atoms with van der Waals surface area (Å²) in [6, 6.07) is 11.6. The number of anilines is 1. The molecule has 4 nitrogen and oxygen atoms in total. The normalized spacial score (nSPS) is 14.4. The van der Waals surface area contributed by atoms with Gasteiger partial charge in [-0.15, -0.1) is 11.3 Å². The summed E-state index contributed by atoms with van der Waals surface area (Å²) in [5.41, 5.74) is 2.93. The lowest BCUT2D eigenvalue weighted by Crippen LogP contribution is -2.29. The quantitative estimate of drug-likeness (QED) is 0.713. The molecule has 0 saturated carbocycles. The van der Waals surface area contributed by atoms with E-state index in [-0.39, 0.29) is 0 Å². The van der Waals surface area contributed by atoms with Crippen molar-refractivity contribution in [2.75, 3.05) is 10.8 Å². The molecular formula is C17H16N2O2S2. The van der Waals surface area contributed by atoms with Gasteiger partial charge in [0.2, 0.25) is 0 Å². The smallest absolute Gasteiger partial charge is 0.249 e. The fraction of sp³-hybridized carbons (Fsp3) is 0.235. The maximum atomic E-state index is 12.9. The highest BCUT2D eigenvalue weighted by Crippen LogP contribution is 2.35. The number of benzene rings is 1. The molecule has 2 aromatic heterocycles. The van der Waals surface area contributed by atoms with Crippen molar-refractivity contribution < 1.29 is 8.42 Å². The van der Waals surface area contributed by atoms with Gasteiger partial charge in [-0.05, 0) is 49.6 Å². The van der Waals surface area contributed by atoms with E-state index in [0.29, 0.717) is 23.0 Å². The molecular weight excluding hydrogens is 328 g/mol. The predicted octanol–water partition coefficient (Wildman–Crippen LogP) is 3.66.